The van der Waals surface area contributed by atoms with Crippen molar-refractivity contribution >= 4 is 18.1 Å². The molecule has 1 aliphatic heterocycles. The van der Waals surface area contributed by atoms with Gasteiger partial charge in [0.15, 0.2) is 0 Å². The van der Waals surface area contributed by atoms with Gasteiger partial charge < -0.3 is 25.1 Å². The number of aromatic nitrogens is 2. The molecule has 0 amide bonds. The highest BCUT2D eigenvalue weighted by atomic mass is 16.6. The number of anilines is 1. The van der Waals surface area contributed by atoms with Gasteiger partial charge in [-0.05, 0) is 18.9 Å². The standard InChI is InChI=1S/C20H31N3O6/c21-17-10-11-23(20(27)22-17)18-13-15(25)16(29-18)14-28-19(26)9-7-5-3-1-2-4-6-8-12-24/h10-12,15-16,18,25H,1-9,13-14H2,(H2,21,22,27)/t15-,16+,18+/m0/s1. The van der Waals surface area contributed by atoms with E-state index in [2.05, 4.69) is 4.98 Å². The van der Waals surface area contributed by atoms with Crippen LogP contribution in [0.3, 0.4) is 0 Å². The van der Waals surface area contributed by atoms with Crippen LogP contribution >= 0.6 is 0 Å². The largest absolute Gasteiger partial charge is 0.463 e. The van der Waals surface area contributed by atoms with E-state index in [9.17, 15) is 19.5 Å². The number of aliphatic hydroxyl groups excluding tert-OH is 1. The van der Waals surface area contributed by atoms with Gasteiger partial charge in [0.1, 0.15) is 31.0 Å². The number of rotatable bonds is 13. The molecule has 3 N–H and O–H groups in total. The molecular formula is C20H31N3O6. The zero-order valence-corrected chi connectivity index (χ0v) is 16.7. The summed E-state index contributed by atoms with van der Waals surface area (Å²) >= 11 is 0. The van der Waals surface area contributed by atoms with Crippen molar-refractivity contribution in [3.63, 3.8) is 0 Å². The molecule has 1 saturated heterocycles. The van der Waals surface area contributed by atoms with Gasteiger partial charge in [0.25, 0.3) is 0 Å². The van der Waals surface area contributed by atoms with Gasteiger partial charge in [-0.2, -0.15) is 4.98 Å². The summed E-state index contributed by atoms with van der Waals surface area (Å²) in [7, 11) is 0. The number of nitrogens with zero attached hydrogens (tertiary/aromatic N) is 2. The molecule has 0 spiro atoms. The lowest BCUT2D eigenvalue weighted by atomic mass is 10.1. The van der Waals surface area contributed by atoms with Crippen molar-refractivity contribution < 1.29 is 24.2 Å². The quantitative estimate of drug-likeness (QED) is 0.286. The number of carbonyl (C=O) groups is 2. The van der Waals surface area contributed by atoms with Crippen LogP contribution in [-0.2, 0) is 19.1 Å². The van der Waals surface area contributed by atoms with Crippen molar-refractivity contribution in [2.45, 2.75) is 82.6 Å². The molecule has 162 valence electrons. The number of carbonyl (C=O) groups excluding carboxylic acids is 2. The second-order valence-corrected chi connectivity index (χ2v) is 7.34. The number of unbranched alkanes of at least 4 members (excludes halogenated alkanes) is 7. The van der Waals surface area contributed by atoms with Crippen LogP contribution in [0.2, 0.25) is 0 Å². The van der Waals surface area contributed by atoms with Crippen LogP contribution in [0.5, 0.6) is 0 Å². The van der Waals surface area contributed by atoms with Crippen LogP contribution in [0.1, 0.15) is 70.4 Å². The summed E-state index contributed by atoms with van der Waals surface area (Å²) in [5.41, 5.74) is 4.92. The highest BCUT2D eigenvalue weighted by molar-refractivity contribution is 5.69. The first-order valence-corrected chi connectivity index (χ1v) is 10.3. The molecule has 1 fully saturated rings. The van der Waals surface area contributed by atoms with Crippen molar-refractivity contribution in [3.05, 3.63) is 22.7 Å². The molecule has 2 heterocycles. The molecule has 0 aliphatic carbocycles. The van der Waals surface area contributed by atoms with Crippen molar-refractivity contribution in [3.8, 4) is 0 Å². The lowest BCUT2D eigenvalue weighted by molar-refractivity contribution is -0.150. The molecule has 2 rings (SSSR count). The third kappa shape index (κ3) is 7.94. The lowest BCUT2D eigenvalue weighted by Crippen LogP contribution is -2.29. The first-order chi connectivity index (χ1) is 14.0. The van der Waals surface area contributed by atoms with E-state index in [0.29, 0.717) is 12.8 Å². The summed E-state index contributed by atoms with van der Waals surface area (Å²) in [6, 6.07) is 1.48. The van der Waals surface area contributed by atoms with Crippen LogP contribution < -0.4 is 11.4 Å². The molecule has 1 aromatic heterocycles. The number of aliphatic hydroxyl groups is 1. The fourth-order valence-corrected chi connectivity index (χ4v) is 3.31. The SMILES string of the molecule is Nc1ccn([C@H]2C[C@H](O)[C@@H](COC(=O)CCCCCCCCCC=O)O2)c(=O)n1. The van der Waals surface area contributed by atoms with Crippen LogP contribution in [0.15, 0.2) is 17.1 Å². The Hall–Kier alpha value is -2.26. The first-order valence-electron chi connectivity index (χ1n) is 10.3. The third-order valence-electron chi connectivity index (χ3n) is 4.98. The fourth-order valence-electron chi connectivity index (χ4n) is 3.31. The van der Waals surface area contributed by atoms with Gasteiger partial charge in [0.05, 0.1) is 6.10 Å². The predicted molar refractivity (Wildman–Crippen MR) is 106 cm³/mol. The van der Waals surface area contributed by atoms with Crippen molar-refractivity contribution in [2.24, 2.45) is 0 Å². The second-order valence-electron chi connectivity index (χ2n) is 7.34. The van der Waals surface area contributed by atoms with Crippen LogP contribution in [0.4, 0.5) is 5.82 Å². The van der Waals surface area contributed by atoms with Gasteiger partial charge in [-0.3, -0.25) is 9.36 Å². The minimum absolute atomic E-state index is 0.0512. The van der Waals surface area contributed by atoms with Gasteiger partial charge in [-0.25, -0.2) is 4.79 Å². The van der Waals surface area contributed by atoms with Crippen molar-refractivity contribution in [1.29, 1.82) is 0 Å². The Labute approximate surface area is 170 Å². The molecule has 29 heavy (non-hydrogen) atoms. The zero-order chi connectivity index (χ0) is 21.1. The number of ether oxygens (including phenoxy) is 2. The summed E-state index contributed by atoms with van der Waals surface area (Å²) in [5, 5.41) is 10.1. The Morgan fingerprint density at radius 2 is 1.97 bits per heavy atom. The van der Waals surface area contributed by atoms with E-state index < -0.39 is 24.1 Å². The average Bonchev–Trinajstić information content (AvgIpc) is 3.05. The Morgan fingerprint density at radius 3 is 2.66 bits per heavy atom. The number of nitrogens with two attached hydrogens (primary N) is 1. The van der Waals surface area contributed by atoms with Crippen LogP contribution in [0.25, 0.3) is 0 Å². The monoisotopic (exact) mass is 409 g/mol. The van der Waals surface area contributed by atoms with Gasteiger partial charge in [0.2, 0.25) is 0 Å². The van der Waals surface area contributed by atoms with E-state index >= 15 is 0 Å². The fraction of sp³-hybridized carbons (Fsp3) is 0.700. The van der Waals surface area contributed by atoms with Gasteiger partial charge in [0, 0.05) is 25.5 Å². The summed E-state index contributed by atoms with van der Waals surface area (Å²) in [6.45, 7) is -0.0512. The van der Waals surface area contributed by atoms with Crippen molar-refractivity contribution in [1.82, 2.24) is 9.55 Å². The normalized spacial score (nSPS) is 21.2. The minimum atomic E-state index is -0.837. The molecule has 0 aromatic carbocycles. The van der Waals surface area contributed by atoms with E-state index in [-0.39, 0.29) is 24.8 Å². The highest BCUT2D eigenvalue weighted by Crippen LogP contribution is 2.28. The van der Waals surface area contributed by atoms with Gasteiger partial charge >= 0.3 is 11.7 Å². The Morgan fingerprint density at radius 1 is 1.28 bits per heavy atom. The third-order valence-corrected chi connectivity index (χ3v) is 4.98. The maximum absolute atomic E-state index is 11.9. The van der Waals surface area contributed by atoms with E-state index in [1.165, 1.54) is 16.8 Å². The molecule has 3 atom stereocenters. The molecule has 9 heteroatoms. The maximum atomic E-state index is 11.9. The molecule has 0 unspecified atom stereocenters. The predicted octanol–water partition coefficient (Wildman–Crippen LogP) is 1.73. The molecule has 0 radical (unpaired) electrons. The lowest BCUT2D eigenvalue weighted by Gasteiger charge is -2.16. The minimum Gasteiger partial charge on any atom is -0.463 e. The van der Waals surface area contributed by atoms with Crippen LogP contribution in [-0.4, -0.2) is 45.7 Å². The Kier molecular flexibility index (Phi) is 9.79. The molecule has 1 aliphatic rings. The summed E-state index contributed by atoms with van der Waals surface area (Å²) in [6.07, 6.45) is 8.45. The number of nitrogen functional groups attached to an aromatic ring is 1. The highest BCUT2D eigenvalue weighted by Gasteiger charge is 2.36. The summed E-state index contributed by atoms with van der Waals surface area (Å²) in [5.74, 6) is -0.199. The Bertz CT molecular complexity index is 708. The van der Waals surface area contributed by atoms with Crippen LogP contribution in [0, 0.1) is 0 Å². The number of aldehydes is 1. The molecule has 9 nitrogen and oxygen atoms in total. The van der Waals surface area contributed by atoms with E-state index in [0.717, 1.165) is 51.2 Å². The summed E-state index contributed by atoms with van der Waals surface area (Å²) in [4.78, 5) is 37.6. The average molecular weight is 409 g/mol. The second kappa shape index (κ2) is 12.3. The smallest absolute Gasteiger partial charge is 0.351 e. The molecule has 0 bridgehead atoms. The maximum Gasteiger partial charge on any atom is 0.351 e. The number of hydrogen-bond acceptors (Lipinski definition) is 8. The Balaban J connectivity index is 1.60. The topological polar surface area (TPSA) is 134 Å². The molecule has 1 aromatic rings. The van der Waals surface area contributed by atoms with E-state index in [1.807, 2.05) is 0 Å². The van der Waals surface area contributed by atoms with E-state index in [4.69, 9.17) is 15.2 Å². The first kappa shape index (κ1) is 23.0. The van der Waals surface area contributed by atoms with Crippen molar-refractivity contribution in [2.75, 3.05) is 12.3 Å². The molecular weight excluding hydrogens is 378 g/mol. The van der Waals surface area contributed by atoms with E-state index in [1.54, 1.807) is 0 Å². The molecule has 0 saturated carbocycles. The van der Waals surface area contributed by atoms with Gasteiger partial charge in [-0.15, -0.1) is 0 Å². The zero-order valence-electron chi connectivity index (χ0n) is 16.7. The van der Waals surface area contributed by atoms with Gasteiger partial charge in [-0.1, -0.05) is 32.1 Å². The number of hydrogen-bond donors (Lipinski definition) is 2. The summed E-state index contributed by atoms with van der Waals surface area (Å²) < 4.78 is 12.1. The number of esters is 1.